The summed E-state index contributed by atoms with van der Waals surface area (Å²) < 4.78 is 21.8. The lowest BCUT2D eigenvalue weighted by molar-refractivity contribution is -0.147. The van der Waals surface area contributed by atoms with Crippen LogP contribution in [0.25, 0.3) is 0 Å². The van der Waals surface area contributed by atoms with Crippen LogP contribution in [-0.2, 0) is 14.6 Å². The van der Waals surface area contributed by atoms with E-state index in [0.717, 1.165) is 0 Å². The van der Waals surface area contributed by atoms with Crippen molar-refractivity contribution in [3.8, 4) is 0 Å². The number of hydrogen-bond acceptors (Lipinski definition) is 4. The van der Waals surface area contributed by atoms with E-state index in [4.69, 9.17) is 5.11 Å². The summed E-state index contributed by atoms with van der Waals surface area (Å²) in [7, 11) is -1.15. The van der Waals surface area contributed by atoms with Crippen LogP contribution in [0.2, 0.25) is 0 Å². The van der Waals surface area contributed by atoms with E-state index in [9.17, 15) is 13.2 Å². The van der Waals surface area contributed by atoms with E-state index >= 15 is 0 Å². The Balaban J connectivity index is 4.00. The first-order valence-corrected chi connectivity index (χ1v) is 7.20. The van der Waals surface area contributed by atoms with Gasteiger partial charge in [0.2, 0.25) is 0 Å². The Bertz CT molecular complexity index is 335. The maximum Gasteiger partial charge on any atom is 0.309 e. The molecule has 96 valence electrons. The van der Waals surface area contributed by atoms with Crippen LogP contribution in [-0.4, -0.2) is 56.5 Å². The monoisotopic (exact) mass is 251 g/mol. The van der Waals surface area contributed by atoms with Crippen molar-refractivity contribution in [2.45, 2.75) is 20.3 Å². The molecule has 0 aromatic rings. The number of carbonyl (C=O) groups is 1. The molecule has 0 radical (unpaired) electrons. The van der Waals surface area contributed by atoms with Gasteiger partial charge in [0.15, 0.2) is 0 Å². The summed E-state index contributed by atoms with van der Waals surface area (Å²) in [6.07, 6.45) is 1.70. The summed E-state index contributed by atoms with van der Waals surface area (Å²) in [5, 5.41) is 8.90. The average Bonchev–Trinajstić information content (AvgIpc) is 2.10. The highest BCUT2D eigenvalue weighted by atomic mass is 32.2. The molecule has 0 aliphatic carbocycles. The maximum absolute atomic E-state index is 10.9. The van der Waals surface area contributed by atoms with Crippen LogP contribution in [0.4, 0.5) is 0 Å². The Hall–Kier alpha value is -0.620. The predicted molar refractivity (Wildman–Crippen MR) is 63.2 cm³/mol. The third-order valence-corrected chi connectivity index (χ3v) is 3.47. The molecule has 6 heteroatoms. The van der Waals surface area contributed by atoms with E-state index in [1.165, 1.54) is 6.26 Å². The van der Waals surface area contributed by atoms with Gasteiger partial charge in [-0.05, 0) is 33.9 Å². The molecule has 0 bridgehead atoms. The third kappa shape index (κ3) is 6.79. The number of rotatable bonds is 7. The molecular formula is C10H21NO4S. The van der Waals surface area contributed by atoms with Crippen molar-refractivity contribution >= 4 is 15.8 Å². The van der Waals surface area contributed by atoms with Gasteiger partial charge in [0.25, 0.3) is 0 Å². The summed E-state index contributed by atoms with van der Waals surface area (Å²) in [6, 6.07) is 0. The standard InChI is InChI=1S/C10H21NO4S/c1-10(2,9(12)13)5-6-11(3)7-8-16(4,14)15/h5-8H2,1-4H3,(H,12,13). The smallest absolute Gasteiger partial charge is 0.309 e. The lowest BCUT2D eigenvalue weighted by Gasteiger charge is -2.23. The fraction of sp³-hybridized carbons (Fsp3) is 0.900. The molecule has 5 nitrogen and oxygen atoms in total. The summed E-state index contributed by atoms with van der Waals surface area (Å²) >= 11 is 0. The van der Waals surface area contributed by atoms with Gasteiger partial charge in [-0.1, -0.05) is 0 Å². The van der Waals surface area contributed by atoms with Crippen molar-refractivity contribution < 1.29 is 18.3 Å². The van der Waals surface area contributed by atoms with Gasteiger partial charge in [-0.3, -0.25) is 4.79 Å². The minimum absolute atomic E-state index is 0.108. The van der Waals surface area contributed by atoms with Crippen molar-refractivity contribution in [1.82, 2.24) is 4.90 Å². The molecular weight excluding hydrogens is 230 g/mol. The van der Waals surface area contributed by atoms with Crippen molar-refractivity contribution in [3.63, 3.8) is 0 Å². The molecule has 0 aliphatic heterocycles. The molecule has 0 unspecified atom stereocenters. The Morgan fingerprint density at radius 1 is 1.31 bits per heavy atom. The van der Waals surface area contributed by atoms with Crippen LogP contribution < -0.4 is 0 Å². The molecule has 0 rings (SSSR count). The number of hydrogen-bond donors (Lipinski definition) is 1. The van der Waals surface area contributed by atoms with Crippen LogP contribution in [0.1, 0.15) is 20.3 Å². The molecule has 1 N–H and O–H groups in total. The SMILES string of the molecule is CN(CCC(C)(C)C(=O)O)CCS(C)(=O)=O. The first-order valence-electron chi connectivity index (χ1n) is 5.14. The molecule has 0 spiro atoms. The van der Waals surface area contributed by atoms with Gasteiger partial charge >= 0.3 is 5.97 Å². The van der Waals surface area contributed by atoms with Crippen LogP contribution in [0.5, 0.6) is 0 Å². The molecule has 0 aromatic carbocycles. The predicted octanol–water partition coefficient (Wildman–Crippen LogP) is 0.464. The van der Waals surface area contributed by atoms with Gasteiger partial charge in [0.05, 0.1) is 11.2 Å². The molecule has 0 aliphatic rings. The first kappa shape index (κ1) is 15.4. The van der Waals surface area contributed by atoms with Crippen molar-refractivity contribution in [1.29, 1.82) is 0 Å². The topological polar surface area (TPSA) is 74.7 Å². The minimum Gasteiger partial charge on any atom is -0.481 e. The highest BCUT2D eigenvalue weighted by molar-refractivity contribution is 7.90. The van der Waals surface area contributed by atoms with E-state index in [0.29, 0.717) is 19.5 Å². The maximum atomic E-state index is 10.9. The van der Waals surface area contributed by atoms with E-state index in [1.807, 2.05) is 4.90 Å². The third-order valence-electron chi connectivity index (χ3n) is 2.54. The number of nitrogens with zero attached hydrogens (tertiary/aromatic N) is 1. The van der Waals surface area contributed by atoms with Crippen molar-refractivity contribution in [3.05, 3.63) is 0 Å². The fourth-order valence-corrected chi connectivity index (χ4v) is 1.65. The fourth-order valence-electron chi connectivity index (χ4n) is 1.01. The summed E-state index contributed by atoms with van der Waals surface area (Å²) in [4.78, 5) is 12.7. The Morgan fingerprint density at radius 2 is 1.81 bits per heavy atom. The Kier molecular flexibility index (Phi) is 5.41. The van der Waals surface area contributed by atoms with Gasteiger partial charge in [-0.2, -0.15) is 0 Å². The second-order valence-corrected chi connectivity index (χ2v) is 7.13. The second-order valence-electron chi connectivity index (χ2n) is 4.87. The zero-order valence-electron chi connectivity index (χ0n) is 10.4. The normalized spacial score (nSPS) is 13.1. The summed E-state index contributed by atoms with van der Waals surface area (Å²) in [5.74, 6) is -0.721. The van der Waals surface area contributed by atoms with Gasteiger partial charge in [0, 0.05) is 12.8 Å². The van der Waals surface area contributed by atoms with Crippen molar-refractivity contribution in [2.24, 2.45) is 5.41 Å². The number of sulfone groups is 1. The van der Waals surface area contributed by atoms with Crippen molar-refractivity contribution in [2.75, 3.05) is 32.1 Å². The van der Waals surface area contributed by atoms with Crippen LogP contribution in [0, 0.1) is 5.41 Å². The second kappa shape index (κ2) is 5.63. The highest BCUT2D eigenvalue weighted by Gasteiger charge is 2.26. The molecule has 0 atom stereocenters. The summed E-state index contributed by atoms with van der Waals surface area (Å²) in [6.45, 7) is 4.35. The zero-order valence-corrected chi connectivity index (χ0v) is 11.2. The molecule has 0 fully saturated rings. The van der Waals surface area contributed by atoms with Gasteiger partial charge in [-0.15, -0.1) is 0 Å². The zero-order chi connectivity index (χ0) is 13.0. The van der Waals surface area contributed by atoms with Crippen LogP contribution >= 0.6 is 0 Å². The van der Waals surface area contributed by atoms with E-state index in [-0.39, 0.29) is 5.75 Å². The molecule has 0 heterocycles. The van der Waals surface area contributed by atoms with E-state index < -0.39 is 21.2 Å². The quantitative estimate of drug-likeness (QED) is 0.711. The number of aliphatic carboxylic acids is 1. The van der Waals surface area contributed by atoms with Gasteiger partial charge in [0.1, 0.15) is 9.84 Å². The lowest BCUT2D eigenvalue weighted by Crippen LogP contribution is -2.32. The van der Waals surface area contributed by atoms with Gasteiger partial charge < -0.3 is 10.0 Å². The number of carboxylic acids is 1. The highest BCUT2D eigenvalue weighted by Crippen LogP contribution is 2.20. The minimum atomic E-state index is -2.95. The molecule has 0 saturated carbocycles. The van der Waals surface area contributed by atoms with E-state index in [2.05, 4.69) is 0 Å². The molecule has 0 saturated heterocycles. The Labute approximate surface area is 97.4 Å². The number of carboxylic acid groups (broad SMARTS) is 1. The first-order chi connectivity index (χ1) is 7.04. The van der Waals surface area contributed by atoms with Crippen LogP contribution in [0.3, 0.4) is 0 Å². The largest absolute Gasteiger partial charge is 0.481 e. The molecule has 0 aromatic heterocycles. The van der Waals surface area contributed by atoms with Crippen LogP contribution in [0.15, 0.2) is 0 Å². The lowest BCUT2D eigenvalue weighted by atomic mass is 9.89. The molecule has 0 amide bonds. The van der Waals surface area contributed by atoms with Gasteiger partial charge in [-0.25, -0.2) is 8.42 Å². The van der Waals surface area contributed by atoms with E-state index in [1.54, 1.807) is 20.9 Å². The summed E-state index contributed by atoms with van der Waals surface area (Å²) in [5.41, 5.74) is -0.765. The Morgan fingerprint density at radius 3 is 2.19 bits per heavy atom. The average molecular weight is 251 g/mol. The molecule has 16 heavy (non-hydrogen) atoms.